The molecule has 0 atom stereocenters. The molecule has 2 amide bonds. The van der Waals surface area contributed by atoms with Crippen molar-refractivity contribution in [1.29, 1.82) is 0 Å². The summed E-state index contributed by atoms with van der Waals surface area (Å²) in [6.45, 7) is 3.43. The van der Waals surface area contributed by atoms with Gasteiger partial charge in [0.1, 0.15) is 6.54 Å². The molecule has 0 bridgehead atoms. The summed E-state index contributed by atoms with van der Waals surface area (Å²) in [6.07, 6.45) is -0.510. The van der Waals surface area contributed by atoms with Gasteiger partial charge in [0.15, 0.2) is 0 Å². The van der Waals surface area contributed by atoms with Crippen LogP contribution >= 0.6 is 0 Å². The van der Waals surface area contributed by atoms with Crippen LogP contribution in [0.4, 0.5) is 10.5 Å². The van der Waals surface area contributed by atoms with Crippen LogP contribution in [0.3, 0.4) is 0 Å². The molecule has 6 nitrogen and oxygen atoms in total. The van der Waals surface area contributed by atoms with Gasteiger partial charge in [-0.25, -0.2) is 4.79 Å². The van der Waals surface area contributed by atoms with Gasteiger partial charge >= 0.3 is 6.09 Å². The zero-order valence-corrected chi connectivity index (χ0v) is 15.5. The summed E-state index contributed by atoms with van der Waals surface area (Å²) in [5.74, 6) is -0.153. The summed E-state index contributed by atoms with van der Waals surface area (Å²) in [5.41, 5.74) is 3.46. The second-order valence-electron chi connectivity index (χ2n) is 6.26. The topological polar surface area (TPSA) is 71.9 Å². The van der Waals surface area contributed by atoms with E-state index in [9.17, 15) is 9.59 Å². The molecule has 2 aromatic rings. The number of quaternary nitrogens is 1. The van der Waals surface area contributed by atoms with E-state index in [-0.39, 0.29) is 5.91 Å². The fraction of sp³-hybridized carbons (Fsp3) is 0.300. The molecule has 0 unspecified atom stereocenters. The Morgan fingerprint density at radius 3 is 2.27 bits per heavy atom. The van der Waals surface area contributed by atoms with Gasteiger partial charge in [0, 0.05) is 23.4 Å². The lowest BCUT2D eigenvalue weighted by Crippen LogP contribution is -3.04. The third-order valence-electron chi connectivity index (χ3n) is 3.77. The molecule has 138 valence electrons. The molecule has 0 aliphatic heterocycles. The minimum Gasteiger partial charge on any atom is -0.450 e. The van der Waals surface area contributed by atoms with Crippen molar-refractivity contribution in [3.8, 4) is 0 Å². The number of carbonyl (C=O) groups excluding carboxylic acids is 2. The van der Waals surface area contributed by atoms with Crippen molar-refractivity contribution in [2.24, 2.45) is 0 Å². The van der Waals surface area contributed by atoms with Crippen molar-refractivity contribution >= 4 is 17.7 Å². The van der Waals surface area contributed by atoms with Crippen LogP contribution in [0.5, 0.6) is 0 Å². The average Bonchev–Trinajstić information content (AvgIpc) is 2.61. The van der Waals surface area contributed by atoms with Crippen LogP contribution in [0.15, 0.2) is 48.5 Å². The van der Waals surface area contributed by atoms with Crippen LogP contribution < -0.4 is 15.5 Å². The minimum absolute atomic E-state index is 0.153. The van der Waals surface area contributed by atoms with Gasteiger partial charge in [0.2, 0.25) is 0 Å². The zero-order chi connectivity index (χ0) is 18.9. The summed E-state index contributed by atoms with van der Waals surface area (Å²) < 4.78 is 4.82. The Balaban J connectivity index is 1.95. The van der Waals surface area contributed by atoms with Gasteiger partial charge in [-0.2, -0.15) is 0 Å². The largest absolute Gasteiger partial charge is 0.450 e. The number of ether oxygens (including phenoxy) is 1. The highest BCUT2D eigenvalue weighted by Crippen LogP contribution is 2.11. The standard InChI is InChI=1S/C20H25N3O3/c1-4-26-20(25)22-18-11-9-15(10-12-18)19(24)21-13-16-7-5-6-8-17(16)14-23(2)3/h5-12H,4,13-14H2,1-3H3,(H,21,24)(H,22,25)/p+1. The smallest absolute Gasteiger partial charge is 0.411 e. The number of rotatable bonds is 7. The first-order valence-corrected chi connectivity index (χ1v) is 8.67. The maximum Gasteiger partial charge on any atom is 0.411 e. The van der Waals surface area contributed by atoms with Crippen LogP contribution in [-0.4, -0.2) is 32.7 Å². The maximum absolute atomic E-state index is 12.4. The van der Waals surface area contributed by atoms with E-state index in [0.717, 1.165) is 12.1 Å². The average molecular weight is 356 g/mol. The molecular weight excluding hydrogens is 330 g/mol. The second-order valence-corrected chi connectivity index (χ2v) is 6.26. The fourth-order valence-corrected chi connectivity index (χ4v) is 2.55. The molecule has 0 saturated heterocycles. The SMILES string of the molecule is CCOC(=O)Nc1ccc(C(=O)NCc2ccccc2C[NH+](C)C)cc1. The highest BCUT2D eigenvalue weighted by Gasteiger charge is 2.09. The van der Waals surface area contributed by atoms with Gasteiger partial charge in [-0.3, -0.25) is 10.1 Å². The van der Waals surface area contributed by atoms with E-state index in [1.807, 2.05) is 18.2 Å². The van der Waals surface area contributed by atoms with Crippen molar-refractivity contribution in [1.82, 2.24) is 5.32 Å². The molecule has 0 aliphatic carbocycles. The number of hydrogen-bond acceptors (Lipinski definition) is 3. The van der Waals surface area contributed by atoms with Gasteiger partial charge in [-0.05, 0) is 36.8 Å². The molecule has 0 aromatic heterocycles. The Bertz CT molecular complexity index is 742. The van der Waals surface area contributed by atoms with Crippen LogP contribution in [-0.2, 0) is 17.8 Å². The predicted octanol–water partition coefficient (Wildman–Crippen LogP) is 1.83. The van der Waals surface area contributed by atoms with Crippen LogP contribution in [0.1, 0.15) is 28.4 Å². The molecule has 2 rings (SSSR count). The summed E-state index contributed by atoms with van der Waals surface area (Å²) in [6, 6.07) is 14.8. The summed E-state index contributed by atoms with van der Waals surface area (Å²) in [4.78, 5) is 25.1. The van der Waals surface area contributed by atoms with Crippen molar-refractivity contribution in [2.75, 3.05) is 26.0 Å². The summed E-state index contributed by atoms with van der Waals surface area (Å²) in [5, 5.41) is 5.55. The number of hydrogen-bond donors (Lipinski definition) is 3. The number of anilines is 1. The van der Waals surface area contributed by atoms with Crippen molar-refractivity contribution in [3.63, 3.8) is 0 Å². The van der Waals surface area contributed by atoms with Crippen LogP contribution in [0.25, 0.3) is 0 Å². The second kappa shape index (κ2) is 9.58. The van der Waals surface area contributed by atoms with Gasteiger partial charge in [0.05, 0.1) is 20.7 Å². The van der Waals surface area contributed by atoms with E-state index >= 15 is 0 Å². The first kappa shape index (κ1) is 19.5. The molecule has 26 heavy (non-hydrogen) atoms. The number of carbonyl (C=O) groups is 2. The van der Waals surface area contributed by atoms with Crippen LogP contribution in [0.2, 0.25) is 0 Å². The number of amides is 2. The zero-order valence-electron chi connectivity index (χ0n) is 15.5. The van der Waals surface area contributed by atoms with E-state index in [2.05, 4.69) is 30.8 Å². The Morgan fingerprint density at radius 2 is 1.65 bits per heavy atom. The number of nitrogens with one attached hydrogen (secondary N) is 3. The molecule has 0 fully saturated rings. The molecule has 0 saturated carbocycles. The molecule has 3 N–H and O–H groups in total. The molecule has 0 heterocycles. The summed E-state index contributed by atoms with van der Waals surface area (Å²) in [7, 11) is 4.20. The Kier molecular flexibility index (Phi) is 7.17. The van der Waals surface area contributed by atoms with Gasteiger partial charge in [0.25, 0.3) is 5.91 Å². The highest BCUT2D eigenvalue weighted by molar-refractivity contribution is 5.95. The third kappa shape index (κ3) is 5.89. The Hall–Kier alpha value is -2.86. The van der Waals surface area contributed by atoms with Crippen LogP contribution in [0, 0.1) is 0 Å². The van der Waals surface area contributed by atoms with E-state index in [1.165, 1.54) is 10.5 Å². The fourth-order valence-electron chi connectivity index (χ4n) is 2.55. The summed E-state index contributed by atoms with van der Waals surface area (Å²) >= 11 is 0. The molecule has 6 heteroatoms. The molecule has 0 radical (unpaired) electrons. The molecule has 0 aliphatic rings. The van der Waals surface area contributed by atoms with Gasteiger partial charge in [-0.15, -0.1) is 0 Å². The third-order valence-corrected chi connectivity index (χ3v) is 3.77. The minimum atomic E-state index is -0.510. The molecule has 0 spiro atoms. The lowest BCUT2D eigenvalue weighted by Gasteiger charge is -2.13. The Labute approximate surface area is 154 Å². The van der Waals surface area contributed by atoms with Crippen molar-refractivity contribution in [2.45, 2.75) is 20.0 Å². The quantitative estimate of drug-likeness (QED) is 0.709. The van der Waals surface area contributed by atoms with E-state index in [4.69, 9.17) is 4.74 Å². The lowest BCUT2D eigenvalue weighted by atomic mass is 10.1. The highest BCUT2D eigenvalue weighted by atomic mass is 16.5. The van der Waals surface area contributed by atoms with E-state index in [0.29, 0.717) is 24.4 Å². The monoisotopic (exact) mass is 356 g/mol. The van der Waals surface area contributed by atoms with Crippen molar-refractivity contribution < 1.29 is 19.2 Å². The Morgan fingerprint density at radius 1 is 1.00 bits per heavy atom. The first-order valence-electron chi connectivity index (χ1n) is 8.67. The van der Waals surface area contributed by atoms with Gasteiger partial charge < -0.3 is 15.0 Å². The predicted molar refractivity (Wildman–Crippen MR) is 101 cm³/mol. The van der Waals surface area contributed by atoms with E-state index in [1.54, 1.807) is 31.2 Å². The van der Waals surface area contributed by atoms with E-state index < -0.39 is 6.09 Å². The maximum atomic E-state index is 12.4. The molecular formula is C20H26N3O3+. The molecule has 2 aromatic carbocycles. The number of benzene rings is 2. The lowest BCUT2D eigenvalue weighted by molar-refractivity contribution is -0.872. The van der Waals surface area contributed by atoms with Gasteiger partial charge in [-0.1, -0.05) is 24.3 Å². The van der Waals surface area contributed by atoms with Crippen molar-refractivity contribution in [3.05, 3.63) is 65.2 Å². The first-order chi connectivity index (χ1) is 12.5. The normalized spacial score (nSPS) is 10.5.